The van der Waals surface area contributed by atoms with Crippen molar-refractivity contribution in [2.75, 3.05) is 176 Å². The van der Waals surface area contributed by atoms with Gasteiger partial charge in [0.25, 0.3) is 0 Å². The molecular formula is C107H120Cl3F4N21O5S. The van der Waals surface area contributed by atoms with Crippen molar-refractivity contribution in [3.8, 4) is 5.75 Å². The molecule has 0 bridgehead atoms. The monoisotopic (exact) mass is 1990 g/mol. The molecule has 0 radical (unpaired) electrons. The van der Waals surface area contributed by atoms with E-state index >= 15 is 0 Å². The summed E-state index contributed by atoms with van der Waals surface area (Å²) in [6.07, 6.45) is 2.69. The van der Waals surface area contributed by atoms with Gasteiger partial charge in [0.05, 0.1) is 80.4 Å². The standard InChI is InChI=1S/C32H32FN5O2.C26H32ClN5.C25H31ClN6O2S.C24H25ClF3N5O/c1-37-15-17-38(18-16-37)31(40)21-25-9-13-27(14-10-25)35-32-34-22-28(33)29(36-32)19-24-7-11-26(12-8-24)30(39)20-23-5-3-2-4-6-23;1-26(2,3)20-7-5-6-19(16-20)17-24-23(27)18-28-25(30-24)29-21-8-10-22(11-9-21)32-14-12-31(4)13-15-32;1-18(2)30-35(33,34)22-6-4-5-19(15-22)16-24-23(26)17-27-25(29-24)28-20-7-9-21(10-8-20)32-13-11-31(3)12-14-32;1-32-9-11-33(12-10-32)18-6-3-16(4-7-18)13-21-19(24(26,27)28)15-29-23(31-21)30-17-5-8-20(25)22(14-17)34-2/h2-14,22H,15-21H2,1H3,(H,34,35,36);5-11,16,18H,12-15,17H2,1-4H3,(H,28,29,30);4-10,15,17-18,30H,11-14,16H2,1-3H3,(H,27,28,29);3-8,14-15H,9-13H2,1-2H3,(H,29,30,31). The Balaban J connectivity index is 0.000000150. The van der Waals surface area contributed by atoms with E-state index in [1.165, 1.54) is 29.6 Å². The number of amides is 1. The average molecular weight is 1990 g/mol. The lowest BCUT2D eigenvalue weighted by molar-refractivity contribution is -0.138. The smallest absolute Gasteiger partial charge is 0.419 e. The lowest BCUT2D eigenvalue weighted by atomic mass is 9.86. The zero-order valence-corrected chi connectivity index (χ0v) is 84.1. The number of hydrogen-bond donors (Lipinski definition) is 5. The first-order valence-corrected chi connectivity index (χ1v) is 49.7. The molecule has 17 rings (SSSR count). The van der Waals surface area contributed by atoms with Crippen LogP contribution in [-0.2, 0) is 64.9 Å². The van der Waals surface area contributed by atoms with Gasteiger partial charge >= 0.3 is 6.18 Å². The number of nitrogens with one attached hydrogen (secondary N) is 5. The molecule has 34 heteroatoms. The van der Waals surface area contributed by atoms with Crippen molar-refractivity contribution >= 4 is 120 Å². The van der Waals surface area contributed by atoms with Gasteiger partial charge in [-0.15, -0.1) is 0 Å². The summed E-state index contributed by atoms with van der Waals surface area (Å²) in [6, 6.07) is 68.8. The largest absolute Gasteiger partial charge is 0.495 e. The molecule has 1 amide bonds. The molecular weight excluding hydrogens is 1870 g/mol. The summed E-state index contributed by atoms with van der Waals surface area (Å²) in [4.78, 5) is 78.1. The molecule has 0 unspecified atom stereocenters. The van der Waals surface area contributed by atoms with Gasteiger partial charge in [0.2, 0.25) is 39.7 Å². The third kappa shape index (κ3) is 30.6. The fraction of sp³-hybridized carbons (Fsp3) is 0.327. The van der Waals surface area contributed by atoms with Gasteiger partial charge in [-0.3, -0.25) is 9.59 Å². The zero-order valence-electron chi connectivity index (χ0n) is 81.0. The molecule has 4 aromatic heterocycles. The Bertz CT molecular complexity index is 6450. The summed E-state index contributed by atoms with van der Waals surface area (Å²) in [7, 11) is 6.37. The second kappa shape index (κ2) is 48.6. The summed E-state index contributed by atoms with van der Waals surface area (Å²) in [5.41, 5.74) is 14.9. The van der Waals surface area contributed by atoms with Crippen LogP contribution in [0.1, 0.15) is 112 Å². The Morgan fingerprint density at radius 2 is 0.801 bits per heavy atom. The first-order valence-electron chi connectivity index (χ1n) is 47.0. The van der Waals surface area contributed by atoms with E-state index in [0.717, 1.165) is 173 Å². The van der Waals surface area contributed by atoms with Crippen LogP contribution in [0.2, 0.25) is 15.1 Å². The number of sulfonamides is 1. The first-order chi connectivity index (χ1) is 67.6. The predicted molar refractivity (Wildman–Crippen MR) is 556 cm³/mol. The number of rotatable bonds is 28. The van der Waals surface area contributed by atoms with Crippen LogP contribution >= 0.6 is 34.8 Å². The van der Waals surface area contributed by atoms with Crippen LogP contribution in [0.4, 0.5) is 81.2 Å². The number of ether oxygens (including phenoxy) is 1. The van der Waals surface area contributed by atoms with Gasteiger partial charge in [-0.05, 0) is 183 Å². The van der Waals surface area contributed by atoms with Gasteiger partial charge in [-0.25, -0.2) is 57.4 Å². The highest BCUT2D eigenvalue weighted by molar-refractivity contribution is 7.89. The van der Waals surface area contributed by atoms with Gasteiger partial charge in [0, 0.05) is 201 Å². The van der Waals surface area contributed by atoms with E-state index in [1.54, 1.807) is 74.8 Å². The average Bonchev–Trinajstić information content (AvgIpc) is 0.808. The molecule has 0 spiro atoms. The second-order valence-electron chi connectivity index (χ2n) is 36.9. The number of likely N-dealkylation sites (N-methyl/N-ethyl adjacent to an activating group) is 4. The van der Waals surface area contributed by atoms with E-state index in [9.17, 15) is 35.6 Å². The predicted octanol–water partition coefficient (Wildman–Crippen LogP) is 19.4. The molecule has 141 heavy (non-hydrogen) atoms. The van der Waals surface area contributed by atoms with Crippen molar-refractivity contribution in [2.24, 2.45) is 0 Å². The molecule has 4 aliphatic rings. The summed E-state index contributed by atoms with van der Waals surface area (Å²) >= 11 is 18.8. The summed E-state index contributed by atoms with van der Waals surface area (Å²) in [5.74, 6) is 1.44. The number of carbonyl (C=O) groups is 2. The Labute approximate surface area is 838 Å². The number of piperazine rings is 4. The lowest BCUT2D eigenvalue weighted by Gasteiger charge is -2.34. The first kappa shape index (κ1) is 104. The third-order valence-corrected chi connectivity index (χ3v) is 27.2. The maximum atomic E-state index is 14.5. The lowest BCUT2D eigenvalue weighted by Crippen LogP contribution is -2.47. The van der Waals surface area contributed by atoms with E-state index in [0.29, 0.717) is 75.3 Å². The molecule has 738 valence electrons. The quantitative estimate of drug-likeness (QED) is 0.0225. The van der Waals surface area contributed by atoms with Gasteiger partial charge in [-0.2, -0.15) is 13.2 Å². The van der Waals surface area contributed by atoms with E-state index in [2.05, 4.69) is 205 Å². The minimum Gasteiger partial charge on any atom is -0.495 e. The minimum absolute atomic E-state index is 0.0268. The Hall–Kier alpha value is -12.8. The number of methoxy groups -OCH3 is 1. The molecule has 0 saturated carbocycles. The maximum Gasteiger partial charge on any atom is 0.419 e. The number of carbonyl (C=O) groups excluding carboxylic acids is 2. The number of anilines is 11. The molecule has 4 fully saturated rings. The van der Waals surface area contributed by atoms with Crippen molar-refractivity contribution in [2.45, 2.75) is 95.7 Å². The van der Waals surface area contributed by atoms with E-state index < -0.39 is 27.6 Å². The summed E-state index contributed by atoms with van der Waals surface area (Å²) < 4.78 is 88.3. The highest BCUT2D eigenvalue weighted by Crippen LogP contribution is 2.36. The molecule has 4 saturated heterocycles. The van der Waals surface area contributed by atoms with Crippen LogP contribution in [0.3, 0.4) is 0 Å². The molecule has 0 aliphatic carbocycles. The third-order valence-electron chi connectivity index (χ3n) is 24.6. The summed E-state index contributed by atoms with van der Waals surface area (Å²) in [5, 5.41) is 14.0. The van der Waals surface area contributed by atoms with E-state index in [1.807, 2.05) is 114 Å². The van der Waals surface area contributed by atoms with Crippen molar-refractivity contribution in [3.63, 3.8) is 0 Å². The maximum absolute atomic E-state index is 14.5. The molecule has 4 aliphatic heterocycles. The van der Waals surface area contributed by atoms with Crippen LogP contribution < -0.4 is 45.4 Å². The number of Topliss-reactive ketones (excluding diaryl/α,β-unsaturated/α-hetero) is 1. The normalized spacial score (nSPS) is 14.6. The van der Waals surface area contributed by atoms with Gasteiger partial charge < -0.3 is 65.2 Å². The van der Waals surface area contributed by atoms with E-state index in [4.69, 9.17) is 44.5 Å². The molecule has 8 heterocycles. The number of benzene rings is 9. The highest BCUT2D eigenvalue weighted by atomic mass is 35.5. The Kier molecular flexibility index (Phi) is 35.8. The van der Waals surface area contributed by atoms with Crippen LogP contribution in [0, 0.1) is 5.82 Å². The van der Waals surface area contributed by atoms with E-state index in [-0.39, 0.29) is 64.2 Å². The molecule has 9 aromatic carbocycles. The number of ketones is 1. The van der Waals surface area contributed by atoms with Crippen molar-refractivity contribution < 1.29 is 40.3 Å². The highest BCUT2D eigenvalue weighted by Gasteiger charge is 2.36. The zero-order chi connectivity index (χ0) is 99.9. The van der Waals surface area contributed by atoms with Gasteiger partial charge in [-0.1, -0.05) is 171 Å². The number of nitrogens with zero attached hydrogens (tertiary/aromatic N) is 16. The van der Waals surface area contributed by atoms with Crippen LogP contribution in [0.25, 0.3) is 0 Å². The van der Waals surface area contributed by atoms with Gasteiger partial charge in [0.15, 0.2) is 11.6 Å². The Morgan fingerprint density at radius 1 is 0.411 bits per heavy atom. The fourth-order valence-corrected chi connectivity index (χ4v) is 18.1. The fourth-order valence-electron chi connectivity index (χ4n) is 16.3. The van der Waals surface area contributed by atoms with Gasteiger partial charge in [0.1, 0.15) is 5.75 Å². The summed E-state index contributed by atoms with van der Waals surface area (Å²) in [6.45, 7) is 25.8. The Morgan fingerprint density at radius 3 is 1.28 bits per heavy atom. The van der Waals surface area contributed by atoms with Crippen molar-refractivity contribution in [1.29, 1.82) is 0 Å². The molecule has 13 aromatic rings. The molecule has 0 atom stereocenters. The van der Waals surface area contributed by atoms with Crippen LogP contribution in [0.15, 0.2) is 248 Å². The second-order valence-corrected chi connectivity index (χ2v) is 39.9. The molecule has 26 nitrogen and oxygen atoms in total. The minimum atomic E-state index is -4.56. The number of aromatic nitrogens is 8. The number of hydrogen-bond acceptors (Lipinski definition) is 24. The topological polar surface area (TPSA) is 267 Å². The van der Waals surface area contributed by atoms with Crippen LogP contribution in [-0.4, -0.2) is 231 Å². The van der Waals surface area contributed by atoms with Crippen LogP contribution in [0.5, 0.6) is 5.75 Å². The van der Waals surface area contributed by atoms with Crippen molar-refractivity contribution in [1.82, 2.24) is 69.1 Å². The molecule has 5 N–H and O–H groups in total. The van der Waals surface area contributed by atoms with Crippen molar-refractivity contribution in [3.05, 3.63) is 337 Å². The SMILES string of the molecule is CC(C)NS(=O)(=O)c1cccc(Cc2nc(Nc3ccc(N4CCN(C)CC4)cc3)ncc2Cl)c1.CN1CCN(C(=O)Cc2ccc(Nc3ncc(F)c(Cc4ccc(C(=O)Cc5ccccc5)cc4)n3)cc2)CC1.CN1CCN(c2ccc(Nc3ncc(Cl)c(Cc4cccc(C(C)(C)C)c4)n3)cc2)CC1.COc1cc(Nc2ncc(C(F)(F)F)c(Cc3ccc(N4CCN(C)CC4)cc3)n2)ccc1Cl. The number of halogens is 7. The number of alkyl halides is 3.